The molecule has 0 radical (unpaired) electrons. The summed E-state index contributed by atoms with van der Waals surface area (Å²) in [6, 6.07) is 25.4. The summed E-state index contributed by atoms with van der Waals surface area (Å²) >= 11 is 0. The molecule has 5 heteroatoms. The summed E-state index contributed by atoms with van der Waals surface area (Å²) < 4.78 is 19.7. The van der Waals surface area contributed by atoms with Gasteiger partial charge in [-0.25, -0.2) is 4.39 Å². The van der Waals surface area contributed by atoms with Crippen molar-refractivity contribution >= 4 is 5.91 Å². The highest BCUT2D eigenvalue weighted by molar-refractivity contribution is 5.82. The minimum Gasteiger partial charge on any atom is -0.493 e. The van der Waals surface area contributed by atoms with Gasteiger partial charge in [0, 0.05) is 30.6 Å². The summed E-state index contributed by atoms with van der Waals surface area (Å²) in [5, 5.41) is 3.54. The fourth-order valence-corrected chi connectivity index (χ4v) is 6.57. The topological polar surface area (TPSA) is 41.6 Å². The zero-order valence-corrected chi connectivity index (χ0v) is 19.8. The van der Waals surface area contributed by atoms with Crippen molar-refractivity contribution in [3.63, 3.8) is 0 Å². The highest BCUT2D eigenvalue weighted by atomic mass is 19.1. The number of halogens is 1. The van der Waals surface area contributed by atoms with Gasteiger partial charge in [0.05, 0.1) is 18.6 Å². The Morgan fingerprint density at radius 1 is 0.971 bits per heavy atom. The summed E-state index contributed by atoms with van der Waals surface area (Å²) in [6.07, 6.45) is 2.60. The maximum absolute atomic E-state index is 14.3. The molecule has 0 aromatic heterocycles. The maximum atomic E-state index is 14.3. The van der Waals surface area contributed by atoms with E-state index in [1.165, 1.54) is 17.7 Å². The van der Waals surface area contributed by atoms with Crippen LogP contribution in [0.3, 0.4) is 0 Å². The number of hydrogen-bond acceptors (Lipinski definition) is 3. The highest BCUT2D eigenvalue weighted by Gasteiger charge is 2.52. The van der Waals surface area contributed by atoms with Crippen LogP contribution in [-0.2, 0) is 10.2 Å². The van der Waals surface area contributed by atoms with E-state index in [2.05, 4.69) is 40.5 Å². The number of nitrogens with one attached hydrogen (secondary N) is 1. The van der Waals surface area contributed by atoms with Gasteiger partial charge >= 0.3 is 0 Å². The van der Waals surface area contributed by atoms with Gasteiger partial charge in [-0.1, -0.05) is 60.7 Å². The molecule has 35 heavy (non-hydrogen) atoms. The number of piperidine rings is 1. The Balaban J connectivity index is 1.34. The van der Waals surface area contributed by atoms with Gasteiger partial charge in [0.2, 0.25) is 5.91 Å². The normalized spacial score (nSPS) is 27.9. The number of benzene rings is 3. The quantitative estimate of drug-likeness (QED) is 0.571. The van der Waals surface area contributed by atoms with Crippen LogP contribution in [0.4, 0.5) is 4.39 Å². The Hall–Kier alpha value is -3.18. The fourth-order valence-electron chi connectivity index (χ4n) is 6.57. The molecule has 3 aliphatic rings. The van der Waals surface area contributed by atoms with E-state index in [4.69, 9.17) is 4.74 Å². The number of hydrogen-bond donors (Lipinski definition) is 1. The summed E-state index contributed by atoms with van der Waals surface area (Å²) in [7, 11) is 0. The molecule has 1 N–H and O–H groups in total. The minimum atomic E-state index is -0.254. The molecule has 0 bridgehead atoms. The number of carbonyl (C=O) groups is 1. The van der Waals surface area contributed by atoms with Gasteiger partial charge in [0.15, 0.2) is 0 Å². The standard InChI is InChI=1S/C30H31FN2O2/c31-24-12-10-22(11-13-24)27-18-23(21-6-2-1-3-7-21)14-16-33(27)29(34)26-19-32-20-30(26)15-17-35-28-9-5-4-8-25(28)30/h1-13,23,26-27,32H,14-20H2. The maximum Gasteiger partial charge on any atom is 0.228 e. The Bertz CT molecular complexity index is 1200. The predicted molar refractivity (Wildman–Crippen MR) is 134 cm³/mol. The van der Waals surface area contributed by atoms with Crippen LogP contribution in [0.5, 0.6) is 5.75 Å². The second kappa shape index (κ2) is 9.12. The second-order valence-electron chi connectivity index (χ2n) is 10.2. The first-order valence-electron chi connectivity index (χ1n) is 12.7. The zero-order chi connectivity index (χ0) is 23.8. The van der Waals surface area contributed by atoms with E-state index in [1.807, 2.05) is 36.4 Å². The average molecular weight is 471 g/mol. The van der Waals surface area contributed by atoms with Gasteiger partial charge in [-0.2, -0.15) is 0 Å². The number of amides is 1. The molecule has 0 saturated carbocycles. The van der Waals surface area contributed by atoms with Crippen LogP contribution in [0, 0.1) is 11.7 Å². The molecule has 3 aromatic carbocycles. The van der Waals surface area contributed by atoms with Gasteiger partial charge in [-0.3, -0.25) is 4.79 Å². The predicted octanol–water partition coefficient (Wildman–Crippen LogP) is 5.21. The fraction of sp³-hybridized carbons (Fsp3) is 0.367. The van der Waals surface area contributed by atoms with E-state index in [-0.39, 0.29) is 29.1 Å². The van der Waals surface area contributed by atoms with Crippen LogP contribution in [0.2, 0.25) is 0 Å². The van der Waals surface area contributed by atoms with Crippen LogP contribution in [-0.4, -0.2) is 37.0 Å². The number of fused-ring (bicyclic) bond motifs is 2. The largest absolute Gasteiger partial charge is 0.493 e. The van der Waals surface area contributed by atoms with E-state index >= 15 is 0 Å². The van der Waals surface area contributed by atoms with E-state index in [9.17, 15) is 9.18 Å². The molecule has 3 heterocycles. The van der Waals surface area contributed by atoms with Crippen molar-refractivity contribution in [3.8, 4) is 5.75 Å². The SMILES string of the molecule is O=C(C1CNCC12CCOc1ccccc12)N1CCC(c2ccccc2)CC1c1ccc(F)cc1. The third-order valence-corrected chi connectivity index (χ3v) is 8.39. The van der Waals surface area contributed by atoms with Gasteiger partial charge in [-0.15, -0.1) is 0 Å². The summed E-state index contributed by atoms with van der Waals surface area (Å²) in [4.78, 5) is 16.4. The first kappa shape index (κ1) is 22.3. The van der Waals surface area contributed by atoms with Crippen LogP contribution in [0.15, 0.2) is 78.9 Å². The molecular formula is C30H31FN2O2. The van der Waals surface area contributed by atoms with Crippen LogP contribution in [0.1, 0.15) is 47.9 Å². The molecule has 4 atom stereocenters. The number of para-hydroxylation sites is 1. The van der Waals surface area contributed by atoms with Gasteiger partial charge in [0.1, 0.15) is 11.6 Å². The minimum absolute atomic E-state index is 0.0743. The lowest BCUT2D eigenvalue weighted by Gasteiger charge is -2.45. The molecule has 1 amide bonds. The lowest BCUT2D eigenvalue weighted by molar-refractivity contribution is -0.141. The molecule has 2 saturated heterocycles. The van der Waals surface area contributed by atoms with Crippen molar-refractivity contribution in [2.45, 2.75) is 36.6 Å². The summed E-state index contributed by atoms with van der Waals surface area (Å²) in [6.45, 7) is 2.78. The Morgan fingerprint density at radius 3 is 2.57 bits per heavy atom. The molecule has 2 fully saturated rings. The third-order valence-electron chi connectivity index (χ3n) is 8.39. The zero-order valence-electron chi connectivity index (χ0n) is 19.8. The first-order valence-corrected chi connectivity index (χ1v) is 12.7. The molecule has 180 valence electrons. The Morgan fingerprint density at radius 2 is 1.74 bits per heavy atom. The van der Waals surface area contributed by atoms with E-state index in [0.29, 0.717) is 25.6 Å². The molecule has 3 aromatic rings. The number of carbonyl (C=O) groups excluding carboxylic acids is 1. The van der Waals surface area contributed by atoms with Crippen molar-refractivity contribution in [1.82, 2.24) is 10.2 Å². The van der Waals surface area contributed by atoms with E-state index in [1.54, 1.807) is 0 Å². The van der Waals surface area contributed by atoms with Crippen molar-refractivity contribution in [2.24, 2.45) is 5.92 Å². The van der Waals surface area contributed by atoms with Gasteiger partial charge in [-0.05, 0) is 54.5 Å². The number of rotatable bonds is 3. The second-order valence-corrected chi connectivity index (χ2v) is 10.2. The monoisotopic (exact) mass is 470 g/mol. The molecule has 4 nitrogen and oxygen atoms in total. The van der Waals surface area contributed by atoms with Crippen molar-refractivity contribution in [1.29, 1.82) is 0 Å². The number of ether oxygens (including phenoxy) is 1. The van der Waals surface area contributed by atoms with E-state index in [0.717, 1.165) is 42.7 Å². The third kappa shape index (κ3) is 3.92. The van der Waals surface area contributed by atoms with Crippen molar-refractivity contribution in [3.05, 3.63) is 101 Å². The van der Waals surface area contributed by atoms with Gasteiger partial charge < -0.3 is 15.0 Å². The van der Waals surface area contributed by atoms with Gasteiger partial charge in [0.25, 0.3) is 0 Å². The summed E-state index contributed by atoms with van der Waals surface area (Å²) in [5.74, 6) is 1.07. The van der Waals surface area contributed by atoms with Crippen LogP contribution < -0.4 is 10.1 Å². The molecule has 0 aliphatic carbocycles. The Kier molecular flexibility index (Phi) is 5.81. The average Bonchev–Trinajstić information content (AvgIpc) is 3.33. The van der Waals surface area contributed by atoms with Crippen LogP contribution >= 0.6 is 0 Å². The molecule has 1 spiro atoms. The van der Waals surface area contributed by atoms with Crippen LogP contribution in [0.25, 0.3) is 0 Å². The lowest BCUT2D eigenvalue weighted by atomic mass is 9.68. The van der Waals surface area contributed by atoms with Crippen molar-refractivity contribution in [2.75, 3.05) is 26.2 Å². The Labute approximate surface area is 206 Å². The molecule has 6 rings (SSSR count). The van der Waals surface area contributed by atoms with Crippen molar-refractivity contribution < 1.29 is 13.9 Å². The highest BCUT2D eigenvalue weighted by Crippen LogP contribution is 2.48. The lowest BCUT2D eigenvalue weighted by Crippen LogP contribution is -2.50. The smallest absolute Gasteiger partial charge is 0.228 e. The molecule has 3 aliphatic heterocycles. The first-order chi connectivity index (χ1) is 17.2. The molecule has 4 unspecified atom stereocenters. The molecular weight excluding hydrogens is 439 g/mol. The number of likely N-dealkylation sites (tertiary alicyclic amines) is 1. The van der Waals surface area contributed by atoms with E-state index < -0.39 is 0 Å². The summed E-state index contributed by atoms with van der Waals surface area (Å²) in [5.41, 5.74) is 3.21. The number of nitrogens with zero attached hydrogens (tertiary/aromatic N) is 1.